The molecule has 3 aromatic carbocycles. The molecule has 0 aliphatic carbocycles. The maximum absolute atomic E-state index is 13.9. The van der Waals surface area contributed by atoms with Crippen LogP contribution in [0.2, 0.25) is 15.1 Å². The van der Waals surface area contributed by atoms with E-state index in [4.69, 9.17) is 34.8 Å². The lowest BCUT2D eigenvalue weighted by Gasteiger charge is -2.25. The highest BCUT2D eigenvalue weighted by Gasteiger charge is 2.31. The predicted molar refractivity (Wildman–Crippen MR) is 136 cm³/mol. The maximum atomic E-state index is 13.9. The van der Waals surface area contributed by atoms with Crippen LogP contribution in [0, 0.1) is 5.82 Å². The summed E-state index contributed by atoms with van der Waals surface area (Å²) in [5, 5.41) is 0.327. The first kappa shape index (κ1) is 28.3. The van der Waals surface area contributed by atoms with Crippen molar-refractivity contribution in [2.45, 2.75) is 45.3 Å². The molecule has 0 fully saturated rings. The van der Waals surface area contributed by atoms with Crippen LogP contribution in [0.25, 0.3) is 0 Å². The number of carbonyl (C=O) groups is 1. The van der Waals surface area contributed by atoms with Gasteiger partial charge in [-0.05, 0) is 58.9 Å². The molecule has 0 radical (unpaired) electrons. The maximum Gasteiger partial charge on any atom is 0.416 e. The van der Waals surface area contributed by atoms with Crippen LogP contribution in [0.1, 0.15) is 53.4 Å². The molecular weight excluding hydrogens is 537 g/mol. The molecule has 0 unspecified atom stereocenters. The van der Waals surface area contributed by atoms with E-state index in [9.17, 15) is 22.4 Å². The van der Waals surface area contributed by atoms with Gasteiger partial charge in [0, 0.05) is 18.1 Å². The van der Waals surface area contributed by atoms with E-state index in [0.717, 1.165) is 23.3 Å². The van der Waals surface area contributed by atoms with Crippen molar-refractivity contribution in [2.24, 2.45) is 0 Å². The first-order valence-electron chi connectivity index (χ1n) is 11.0. The van der Waals surface area contributed by atoms with Gasteiger partial charge in [0.2, 0.25) is 0 Å². The second-order valence-electron chi connectivity index (χ2n) is 9.52. The van der Waals surface area contributed by atoms with Crippen LogP contribution in [0.15, 0.2) is 54.6 Å². The summed E-state index contributed by atoms with van der Waals surface area (Å²) < 4.78 is 53.3. The van der Waals surface area contributed by atoms with E-state index in [1.165, 1.54) is 17.0 Å². The van der Waals surface area contributed by atoms with E-state index in [-0.39, 0.29) is 51.1 Å². The third-order valence-corrected chi connectivity index (χ3v) is 6.68. The molecule has 0 aliphatic heterocycles. The fourth-order valence-corrected chi connectivity index (χ4v) is 4.37. The Morgan fingerprint density at radius 2 is 1.50 bits per heavy atom. The van der Waals surface area contributed by atoms with Crippen molar-refractivity contribution in [1.29, 1.82) is 0 Å². The van der Waals surface area contributed by atoms with Crippen molar-refractivity contribution >= 4 is 40.7 Å². The van der Waals surface area contributed by atoms with Crippen LogP contribution in [-0.4, -0.2) is 17.4 Å². The first-order chi connectivity index (χ1) is 16.6. The topological polar surface area (TPSA) is 20.3 Å². The van der Waals surface area contributed by atoms with Crippen LogP contribution in [0.3, 0.4) is 0 Å². The van der Waals surface area contributed by atoms with Gasteiger partial charge in [0.15, 0.2) is 0 Å². The normalized spacial score (nSPS) is 12.1. The second-order valence-corrected chi connectivity index (χ2v) is 10.7. The number of amides is 1. The number of halogens is 7. The van der Waals surface area contributed by atoms with Gasteiger partial charge in [0.05, 0.1) is 21.2 Å². The monoisotopic (exact) mass is 559 g/mol. The zero-order valence-corrected chi connectivity index (χ0v) is 22.1. The standard InChI is InChI=1S/C27H24Cl3F4NO/c1-26(2,3)18-6-4-16(5-7-18)15-35(25(36)22-13-20(28)14-23(29)24(22)30)9-8-17-10-19(27(32,33)34)12-21(31)11-17/h4-7,10-14H,8-9,15H2,1-3H3. The molecule has 0 atom stereocenters. The van der Waals surface area contributed by atoms with E-state index in [0.29, 0.717) is 6.07 Å². The summed E-state index contributed by atoms with van der Waals surface area (Å²) in [6.07, 6.45) is -4.70. The van der Waals surface area contributed by atoms with Crippen molar-refractivity contribution < 1.29 is 22.4 Å². The molecular formula is C27H24Cl3F4NO. The van der Waals surface area contributed by atoms with Gasteiger partial charge in [0.25, 0.3) is 5.91 Å². The van der Waals surface area contributed by atoms with Gasteiger partial charge in [0.1, 0.15) is 5.82 Å². The summed E-state index contributed by atoms with van der Waals surface area (Å²) in [4.78, 5) is 14.9. The number of carbonyl (C=O) groups excluding carboxylic acids is 1. The summed E-state index contributed by atoms with van der Waals surface area (Å²) in [5.74, 6) is -1.50. The highest BCUT2D eigenvalue weighted by Crippen LogP contribution is 2.32. The van der Waals surface area contributed by atoms with E-state index < -0.39 is 23.5 Å². The minimum absolute atomic E-state index is 0.00106. The van der Waals surface area contributed by atoms with Gasteiger partial charge in [-0.1, -0.05) is 79.8 Å². The Kier molecular flexibility index (Phi) is 8.64. The number of nitrogens with zero attached hydrogens (tertiary/aromatic N) is 1. The smallest absolute Gasteiger partial charge is 0.334 e. The van der Waals surface area contributed by atoms with Crippen molar-refractivity contribution in [3.8, 4) is 0 Å². The number of rotatable bonds is 6. The minimum Gasteiger partial charge on any atom is -0.334 e. The Labute approximate surface area is 222 Å². The lowest BCUT2D eigenvalue weighted by atomic mass is 9.87. The number of hydrogen-bond acceptors (Lipinski definition) is 1. The van der Waals surface area contributed by atoms with Gasteiger partial charge < -0.3 is 4.90 Å². The molecule has 3 rings (SSSR count). The second kappa shape index (κ2) is 11.0. The van der Waals surface area contributed by atoms with Crippen molar-refractivity contribution in [1.82, 2.24) is 4.90 Å². The van der Waals surface area contributed by atoms with Crippen LogP contribution in [0.4, 0.5) is 17.6 Å². The van der Waals surface area contributed by atoms with Crippen molar-refractivity contribution in [3.05, 3.63) is 103 Å². The highest BCUT2D eigenvalue weighted by atomic mass is 35.5. The van der Waals surface area contributed by atoms with Crippen LogP contribution in [0.5, 0.6) is 0 Å². The molecule has 192 valence electrons. The summed E-state index contributed by atoms with van der Waals surface area (Å²) >= 11 is 18.5. The zero-order chi connectivity index (χ0) is 26.8. The van der Waals surface area contributed by atoms with Crippen LogP contribution >= 0.6 is 34.8 Å². The Bertz CT molecular complexity index is 1250. The Balaban J connectivity index is 1.93. The van der Waals surface area contributed by atoms with Crippen molar-refractivity contribution in [2.75, 3.05) is 6.54 Å². The third-order valence-electron chi connectivity index (χ3n) is 5.66. The molecule has 0 spiro atoms. The fraction of sp³-hybridized carbons (Fsp3) is 0.296. The molecule has 0 heterocycles. The van der Waals surface area contributed by atoms with Crippen LogP contribution < -0.4 is 0 Å². The van der Waals surface area contributed by atoms with Gasteiger partial charge in [-0.25, -0.2) is 4.39 Å². The van der Waals surface area contributed by atoms with Gasteiger partial charge in [-0.3, -0.25) is 4.79 Å². The van der Waals surface area contributed by atoms with E-state index in [1.807, 2.05) is 24.3 Å². The number of benzene rings is 3. The molecule has 1 amide bonds. The third kappa shape index (κ3) is 7.15. The average Bonchev–Trinajstić information content (AvgIpc) is 2.77. The molecule has 0 saturated heterocycles. The largest absolute Gasteiger partial charge is 0.416 e. The molecule has 0 aliphatic rings. The fourth-order valence-electron chi connectivity index (χ4n) is 3.69. The lowest BCUT2D eigenvalue weighted by molar-refractivity contribution is -0.137. The Morgan fingerprint density at radius 3 is 2.08 bits per heavy atom. The average molecular weight is 561 g/mol. The van der Waals surface area contributed by atoms with Crippen LogP contribution in [-0.2, 0) is 24.6 Å². The molecule has 9 heteroatoms. The minimum atomic E-state index is -4.69. The summed E-state index contributed by atoms with van der Waals surface area (Å²) in [6.45, 7) is 6.39. The molecule has 0 aromatic heterocycles. The summed E-state index contributed by atoms with van der Waals surface area (Å²) in [7, 11) is 0. The highest BCUT2D eigenvalue weighted by molar-refractivity contribution is 6.45. The predicted octanol–water partition coefficient (Wildman–Crippen LogP) is 8.99. The lowest BCUT2D eigenvalue weighted by Crippen LogP contribution is -2.33. The quantitative estimate of drug-likeness (QED) is 0.218. The van der Waals surface area contributed by atoms with Gasteiger partial charge >= 0.3 is 6.18 Å². The summed E-state index contributed by atoms with van der Waals surface area (Å²) in [5.41, 5.74) is 0.933. The SMILES string of the molecule is CC(C)(C)c1ccc(CN(CCc2cc(F)cc(C(F)(F)F)c2)C(=O)c2cc(Cl)cc(Cl)c2Cl)cc1. The van der Waals surface area contributed by atoms with Gasteiger partial charge in [-0.15, -0.1) is 0 Å². The molecule has 36 heavy (non-hydrogen) atoms. The molecule has 0 saturated carbocycles. The molecule has 2 nitrogen and oxygen atoms in total. The van der Waals surface area contributed by atoms with E-state index in [2.05, 4.69) is 20.8 Å². The molecule has 0 N–H and O–H groups in total. The van der Waals surface area contributed by atoms with E-state index in [1.54, 1.807) is 0 Å². The van der Waals surface area contributed by atoms with Crippen molar-refractivity contribution in [3.63, 3.8) is 0 Å². The Morgan fingerprint density at radius 1 is 0.861 bits per heavy atom. The first-order valence-corrected chi connectivity index (χ1v) is 12.2. The molecule has 0 bridgehead atoms. The zero-order valence-electron chi connectivity index (χ0n) is 19.8. The number of hydrogen-bond donors (Lipinski definition) is 0. The number of alkyl halides is 3. The summed E-state index contributed by atoms with van der Waals surface area (Å²) in [6, 6.07) is 12.8. The van der Waals surface area contributed by atoms with Gasteiger partial charge in [-0.2, -0.15) is 13.2 Å². The van der Waals surface area contributed by atoms with E-state index >= 15 is 0 Å². The molecule has 3 aromatic rings. The Hall–Kier alpha value is -2.28.